The van der Waals surface area contributed by atoms with Crippen LogP contribution in [0, 0.1) is 6.92 Å². The number of rotatable bonds is 5. The number of halogens is 1. The molecule has 0 aliphatic heterocycles. The van der Waals surface area contributed by atoms with Gasteiger partial charge in [-0.05, 0) is 31.0 Å². The topological polar surface area (TPSA) is 64.3 Å². The highest BCUT2D eigenvalue weighted by atomic mass is 79.9. The highest BCUT2D eigenvalue weighted by Crippen LogP contribution is 2.22. The largest absolute Gasteiger partial charge is 0.398 e. The quantitative estimate of drug-likeness (QED) is 0.821. The predicted octanol–water partition coefficient (Wildman–Crippen LogP) is 2.49. The lowest BCUT2D eigenvalue weighted by atomic mass is 10.1. The Kier molecular flexibility index (Phi) is 5.62. The van der Waals surface area contributed by atoms with E-state index >= 15 is 0 Å². The number of nitrogen functional groups attached to an aromatic ring is 1. The van der Waals surface area contributed by atoms with Gasteiger partial charge in [0, 0.05) is 22.8 Å². The second kappa shape index (κ2) is 6.75. The van der Waals surface area contributed by atoms with Crippen LogP contribution in [0.4, 0.5) is 5.69 Å². The van der Waals surface area contributed by atoms with Gasteiger partial charge in [-0.25, -0.2) is 0 Å². The molecule has 0 fully saturated rings. The van der Waals surface area contributed by atoms with Crippen LogP contribution < -0.4 is 11.1 Å². The average Bonchev–Trinajstić information content (AvgIpc) is 2.32. The summed E-state index contributed by atoms with van der Waals surface area (Å²) in [5.41, 5.74) is 7.84. The minimum Gasteiger partial charge on any atom is -0.398 e. The minimum absolute atomic E-state index is 0.0158. The molecule has 1 atom stereocenters. The second-order valence-corrected chi connectivity index (χ2v) is 5.12. The van der Waals surface area contributed by atoms with Crippen LogP contribution in [0.15, 0.2) is 16.6 Å². The molecule has 1 unspecified atom stereocenters. The maximum Gasteiger partial charge on any atom is 0.251 e. The van der Waals surface area contributed by atoms with Crippen molar-refractivity contribution < 1.29 is 9.53 Å². The van der Waals surface area contributed by atoms with Gasteiger partial charge in [-0.15, -0.1) is 0 Å². The highest BCUT2D eigenvalue weighted by molar-refractivity contribution is 9.10. The van der Waals surface area contributed by atoms with Gasteiger partial charge in [0.2, 0.25) is 0 Å². The number of amides is 1. The molecule has 4 nitrogen and oxygen atoms in total. The third-order valence-corrected chi connectivity index (χ3v) is 3.31. The normalized spacial score (nSPS) is 12.2. The van der Waals surface area contributed by atoms with Crippen LogP contribution in [0.5, 0.6) is 0 Å². The van der Waals surface area contributed by atoms with Crippen molar-refractivity contribution in [2.45, 2.75) is 26.3 Å². The molecule has 0 spiro atoms. The number of benzene rings is 1. The van der Waals surface area contributed by atoms with Crippen LogP contribution in [0.1, 0.15) is 29.3 Å². The zero-order chi connectivity index (χ0) is 13.7. The third-order valence-electron chi connectivity index (χ3n) is 2.85. The molecule has 0 aliphatic rings. The van der Waals surface area contributed by atoms with Gasteiger partial charge in [0.25, 0.3) is 5.91 Å². The van der Waals surface area contributed by atoms with Gasteiger partial charge in [0.15, 0.2) is 0 Å². The Labute approximate surface area is 116 Å². The molecule has 0 aliphatic carbocycles. The number of methoxy groups -OCH3 is 1. The van der Waals surface area contributed by atoms with Gasteiger partial charge < -0.3 is 15.8 Å². The van der Waals surface area contributed by atoms with Gasteiger partial charge >= 0.3 is 0 Å². The van der Waals surface area contributed by atoms with Crippen molar-refractivity contribution in [2.75, 3.05) is 19.5 Å². The molecule has 3 N–H and O–H groups in total. The van der Waals surface area contributed by atoms with E-state index < -0.39 is 0 Å². The number of carbonyl (C=O) groups is 1. The molecule has 100 valence electrons. The third kappa shape index (κ3) is 3.71. The number of hydrogen-bond acceptors (Lipinski definition) is 3. The van der Waals surface area contributed by atoms with E-state index in [-0.39, 0.29) is 11.9 Å². The second-order valence-electron chi connectivity index (χ2n) is 4.20. The fourth-order valence-corrected chi connectivity index (χ4v) is 2.14. The van der Waals surface area contributed by atoms with Gasteiger partial charge in [0.05, 0.1) is 12.6 Å². The summed E-state index contributed by atoms with van der Waals surface area (Å²) in [7, 11) is 1.62. The maximum atomic E-state index is 12.2. The van der Waals surface area contributed by atoms with Crippen LogP contribution in [0.3, 0.4) is 0 Å². The predicted molar refractivity (Wildman–Crippen MR) is 76.7 cm³/mol. The molecular weight excluding hydrogens is 296 g/mol. The van der Waals surface area contributed by atoms with E-state index in [1.807, 2.05) is 13.8 Å². The molecule has 18 heavy (non-hydrogen) atoms. The summed E-state index contributed by atoms with van der Waals surface area (Å²) in [5, 5.41) is 2.94. The standard InChI is InChI=1S/C13H19BrN2O2/c1-4-10(7-18-3)16-13(17)11-5-9(14)6-12(15)8(11)2/h5-6,10H,4,7,15H2,1-3H3,(H,16,17). The van der Waals surface area contributed by atoms with Crippen molar-refractivity contribution in [3.05, 3.63) is 27.7 Å². The molecule has 1 aromatic carbocycles. The lowest BCUT2D eigenvalue weighted by Crippen LogP contribution is -2.37. The maximum absolute atomic E-state index is 12.2. The first-order chi connectivity index (χ1) is 8.49. The number of nitrogens with one attached hydrogen (secondary N) is 1. The fraction of sp³-hybridized carbons (Fsp3) is 0.462. The van der Waals surface area contributed by atoms with Crippen LogP contribution in [0.2, 0.25) is 0 Å². The molecule has 1 rings (SSSR count). The van der Waals surface area contributed by atoms with Gasteiger partial charge in [-0.1, -0.05) is 22.9 Å². The average molecular weight is 315 g/mol. The van der Waals surface area contributed by atoms with E-state index in [1.54, 1.807) is 19.2 Å². The molecule has 0 saturated heterocycles. The Morgan fingerprint density at radius 2 is 2.22 bits per heavy atom. The van der Waals surface area contributed by atoms with Crippen LogP contribution in [-0.2, 0) is 4.74 Å². The Morgan fingerprint density at radius 3 is 2.78 bits per heavy atom. The lowest BCUT2D eigenvalue weighted by molar-refractivity contribution is 0.0894. The van der Waals surface area contributed by atoms with E-state index in [9.17, 15) is 4.79 Å². The lowest BCUT2D eigenvalue weighted by Gasteiger charge is -2.17. The first kappa shape index (κ1) is 15.0. The molecule has 1 amide bonds. The monoisotopic (exact) mass is 314 g/mol. The van der Waals surface area contributed by atoms with E-state index in [0.717, 1.165) is 16.5 Å². The molecule has 0 radical (unpaired) electrons. The fourth-order valence-electron chi connectivity index (χ4n) is 1.66. The van der Waals surface area contributed by atoms with Crippen molar-refractivity contribution in [1.29, 1.82) is 0 Å². The van der Waals surface area contributed by atoms with Crippen LogP contribution in [-0.4, -0.2) is 25.7 Å². The van der Waals surface area contributed by atoms with Gasteiger partial charge in [-0.2, -0.15) is 0 Å². The van der Waals surface area contributed by atoms with Crippen molar-refractivity contribution in [3.8, 4) is 0 Å². The van der Waals surface area contributed by atoms with Crippen molar-refractivity contribution in [3.63, 3.8) is 0 Å². The Hall–Kier alpha value is -1.07. The summed E-state index contributed by atoms with van der Waals surface area (Å²) in [4.78, 5) is 12.2. The number of nitrogens with two attached hydrogens (primary N) is 1. The van der Waals surface area contributed by atoms with Crippen molar-refractivity contribution >= 4 is 27.5 Å². The zero-order valence-electron chi connectivity index (χ0n) is 10.9. The van der Waals surface area contributed by atoms with E-state index in [2.05, 4.69) is 21.2 Å². The van der Waals surface area contributed by atoms with Gasteiger partial charge in [-0.3, -0.25) is 4.79 Å². The summed E-state index contributed by atoms with van der Waals surface area (Å²) in [6.45, 7) is 4.35. The minimum atomic E-state index is -0.121. The summed E-state index contributed by atoms with van der Waals surface area (Å²) < 4.78 is 5.86. The summed E-state index contributed by atoms with van der Waals surface area (Å²) in [6, 6.07) is 3.58. The molecule has 1 aromatic rings. The van der Waals surface area contributed by atoms with E-state index in [0.29, 0.717) is 17.9 Å². The first-order valence-corrected chi connectivity index (χ1v) is 6.64. The number of ether oxygens (including phenoxy) is 1. The molecule has 0 bridgehead atoms. The molecule has 5 heteroatoms. The van der Waals surface area contributed by atoms with E-state index in [1.165, 1.54) is 0 Å². The Balaban J connectivity index is 2.90. The van der Waals surface area contributed by atoms with Crippen molar-refractivity contribution in [2.24, 2.45) is 0 Å². The Bertz CT molecular complexity index is 435. The number of carbonyl (C=O) groups excluding carboxylic acids is 1. The number of anilines is 1. The van der Waals surface area contributed by atoms with Crippen molar-refractivity contribution in [1.82, 2.24) is 5.32 Å². The smallest absolute Gasteiger partial charge is 0.251 e. The molecule has 0 aromatic heterocycles. The Morgan fingerprint density at radius 1 is 1.56 bits per heavy atom. The summed E-state index contributed by atoms with van der Waals surface area (Å²) >= 11 is 3.34. The summed E-state index contributed by atoms with van der Waals surface area (Å²) in [5.74, 6) is -0.121. The molecule has 0 heterocycles. The SMILES string of the molecule is CCC(COC)NC(=O)c1cc(Br)cc(N)c1C. The van der Waals surface area contributed by atoms with E-state index in [4.69, 9.17) is 10.5 Å². The first-order valence-electron chi connectivity index (χ1n) is 5.85. The van der Waals surface area contributed by atoms with Crippen LogP contribution in [0.25, 0.3) is 0 Å². The summed E-state index contributed by atoms with van der Waals surface area (Å²) in [6.07, 6.45) is 0.822. The van der Waals surface area contributed by atoms with Gasteiger partial charge in [0.1, 0.15) is 0 Å². The zero-order valence-corrected chi connectivity index (χ0v) is 12.5. The van der Waals surface area contributed by atoms with Crippen LogP contribution >= 0.6 is 15.9 Å². The molecular formula is C13H19BrN2O2. The molecule has 0 saturated carbocycles. The highest BCUT2D eigenvalue weighted by Gasteiger charge is 2.15. The number of hydrogen-bond donors (Lipinski definition) is 2.